The Bertz CT molecular complexity index is 500. The highest BCUT2D eigenvalue weighted by Gasteiger charge is 2.01. The molecule has 0 fully saturated rings. The lowest BCUT2D eigenvalue weighted by molar-refractivity contribution is 0.105. The second-order valence-electron chi connectivity index (χ2n) is 3.14. The van der Waals surface area contributed by atoms with Crippen LogP contribution in [0.25, 0.3) is 0 Å². The summed E-state index contributed by atoms with van der Waals surface area (Å²) < 4.78 is 4.87. The van der Waals surface area contributed by atoms with E-state index >= 15 is 0 Å². The van der Waals surface area contributed by atoms with Crippen LogP contribution in [0, 0.1) is 6.92 Å². The van der Waals surface area contributed by atoms with Crippen molar-refractivity contribution in [2.75, 3.05) is 5.32 Å². The van der Waals surface area contributed by atoms with Gasteiger partial charge in [-0.2, -0.15) is 0 Å². The number of carbonyl (C=O) groups is 1. The predicted octanol–water partition coefficient (Wildman–Crippen LogP) is 2.85. The van der Waals surface area contributed by atoms with Gasteiger partial charge in [-0.3, -0.25) is 4.79 Å². The molecule has 0 saturated heterocycles. The first-order valence-corrected chi connectivity index (χ1v) is 5.58. The third-order valence-electron chi connectivity index (χ3n) is 1.86. The van der Waals surface area contributed by atoms with E-state index in [4.69, 9.17) is 4.52 Å². The van der Waals surface area contributed by atoms with Crippen LogP contribution < -0.4 is 5.32 Å². The third kappa shape index (κ3) is 2.58. The monoisotopic (exact) mass is 234 g/mol. The molecule has 0 unspecified atom stereocenters. The summed E-state index contributed by atoms with van der Waals surface area (Å²) in [7, 11) is 0. The molecule has 5 heteroatoms. The summed E-state index contributed by atoms with van der Waals surface area (Å²) in [6.45, 7) is 1.80. The molecule has 0 bridgehead atoms. The van der Waals surface area contributed by atoms with E-state index in [0.717, 1.165) is 10.6 Å². The number of thiophene rings is 1. The summed E-state index contributed by atoms with van der Waals surface area (Å²) in [5, 5.41) is 8.46. The second-order valence-corrected chi connectivity index (χ2v) is 4.09. The number of aromatic nitrogens is 1. The molecule has 0 radical (unpaired) electrons. The van der Waals surface area contributed by atoms with Gasteiger partial charge in [-0.1, -0.05) is 11.2 Å². The molecular weight excluding hydrogens is 224 g/mol. The van der Waals surface area contributed by atoms with Crippen LogP contribution in [0.2, 0.25) is 0 Å². The van der Waals surface area contributed by atoms with Crippen molar-refractivity contribution in [2.24, 2.45) is 0 Å². The van der Waals surface area contributed by atoms with Gasteiger partial charge in [-0.05, 0) is 18.4 Å². The lowest BCUT2D eigenvalue weighted by Crippen LogP contribution is -1.93. The van der Waals surface area contributed by atoms with E-state index in [1.807, 2.05) is 11.4 Å². The van der Waals surface area contributed by atoms with Gasteiger partial charge in [0.25, 0.3) is 0 Å². The van der Waals surface area contributed by atoms with Crippen LogP contribution in [-0.2, 0) is 0 Å². The van der Waals surface area contributed by atoms with Gasteiger partial charge in [0, 0.05) is 18.3 Å². The van der Waals surface area contributed by atoms with Crippen LogP contribution in [0.4, 0.5) is 5.82 Å². The molecule has 4 nitrogen and oxygen atoms in total. The molecule has 82 valence electrons. The molecule has 0 aliphatic carbocycles. The minimum absolute atomic E-state index is 0.0253. The molecule has 2 rings (SSSR count). The Morgan fingerprint density at radius 2 is 2.50 bits per heavy atom. The van der Waals surface area contributed by atoms with E-state index in [0.29, 0.717) is 5.82 Å². The molecule has 0 spiro atoms. The minimum Gasteiger partial charge on any atom is -0.360 e. The van der Waals surface area contributed by atoms with Crippen molar-refractivity contribution < 1.29 is 9.32 Å². The molecular formula is C11H10N2O2S. The maximum Gasteiger partial charge on any atom is 0.197 e. The van der Waals surface area contributed by atoms with Crippen LogP contribution in [0.3, 0.4) is 0 Å². The van der Waals surface area contributed by atoms with Gasteiger partial charge < -0.3 is 9.84 Å². The Labute approximate surface area is 96.6 Å². The minimum atomic E-state index is -0.0253. The zero-order valence-corrected chi connectivity index (χ0v) is 9.45. The summed E-state index contributed by atoms with van der Waals surface area (Å²) in [4.78, 5) is 12.3. The molecule has 2 aromatic heterocycles. The number of rotatable bonds is 4. The van der Waals surface area contributed by atoms with Gasteiger partial charge in [-0.15, -0.1) is 11.3 Å². The Kier molecular flexibility index (Phi) is 3.16. The lowest BCUT2D eigenvalue weighted by atomic mass is 10.3. The smallest absolute Gasteiger partial charge is 0.197 e. The fourth-order valence-electron chi connectivity index (χ4n) is 1.14. The first-order chi connectivity index (χ1) is 7.75. The van der Waals surface area contributed by atoms with E-state index in [-0.39, 0.29) is 5.78 Å². The molecule has 0 amide bonds. The predicted molar refractivity (Wildman–Crippen MR) is 62.7 cm³/mol. The molecule has 0 aliphatic heterocycles. The van der Waals surface area contributed by atoms with Crippen molar-refractivity contribution in [3.63, 3.8) is 0 Å². The van der Waals surface area contributed by atoms with Crippen molar-refractivity contribution >= 4 is 22.9 Å². The zero-order chi connectivity index (χ0) is 11.4. The van der Waals surface area contributed by atoms with E-state index in [9.17, 15) is 4.79 Å². The van der Waals surface area contributed by atoms with Crippen molar-refractivity contribution in [3.8, 4) is 0 Å². The third-order valence-corrected chi connectivity index (χ3v) is 2.74. The average molecular weight is 234 g/mol. The normalized spacial score (nSPS) is 10.8. The van der Waals surface area contributed by atoms with Gasteiger partial charge in [0.1, 0.15) is 5.76 Å². The number of nitrogens with one attached hydrogen (secondary N) is 1. The average Bonchev–Trinajstić information content (AvgIpc) is 2.89. The number of ketones is 1. The number of allylic oxidation sites excluding steroid dienone is 1. The molecule has 0 saturated carbocycles. The number of anilines is 1. The van der Waals surface area contributed by atoms with Crippen LogP contribution in [0.5, 0.6) is 0 Å². The van der Waals surface area contributed by atoms with Crippen molar-refractivity contribution in [1.82, 2.24) is 5.16 Å². The fourth-order valence-corrected chi connectivity index (χ4v) is 1.78. The quantitative estimate of drug-likeness (QED) is 0.652. The lowest BCUT2D eigenvalue weighted by Gasteiger charge is -1.91. The summed E-state index contributed by atoms with van der Waals surface area (Å²) >= 11 is 1.42. The standard InChI is InChI=1S/C11H10N2O2S/c1-8-7-11(13-15-8)12-5-4-9(14)10-3-2-6-16-10/h2-7H,1H3,(H,12,13)/b5-4+. The Morgan fingerprint density at radius 1 is 1.62 bits per heavy atom. The summed E-state index contributed by atoms with van der Waals surface area (Å²) in [5.74, 6) is 1.29. The highest BCUT2D eigenvalue weighted by atomic mass is 32.1. The Balaban J connectivity index is 1.93. The molecule has 2 heterocycles. The number of aryl methyl sites for hydroxylation is 1. The topological polar surface area (TPSA) is 55.1 Å². The van der Waals surface area contributed by atoms with E-state index in [1.165, 1.54) is 17.4 Å². The molecule has 16 heavy (non-hydrogen) atoms. The van der Waals surface area contributed by atoms with Crippen LogP contribution in [-0.4, -0.2) is 10.9 Å². The van der Waals surface area contributed by atoms with Crippen molar-refractivity contribution in [2.45, 2.75) is 6.92 Å². The van der Waals surface area contributed by atoms with E-state index in [1.54, 1.807) is 25.3 Å². The van der Waals surface area contributed by atoms with Crippen LogP contribution in [0.1, 0.15) is 15.4 Å². The zero-order valence-electron chi connectivity index (χ0n) is 8.64. The molecule has 2 aromatic rings. The van der Waals surface area contributed by atoms with Gasteiger partial charge in [0.05, 0.1) is 4.88 Å². The maximum absolute atomic E-state index is 11.5. The maximum atomic E-state index is 11.5. The number of hydrogen-bond acceptors (Lipinski definition) is 5. The van der Waals surface area contributed by atoms with Crippen molar-refractivity contribution in [3.05, 3.63) is 46.5 Å². The van der Waals surface area contributed by atoms with Crippen molar-refractivity contribution in [1.29, 1.82) is 0 Å². The molecule has 0 atom stereocenters. The first-order valence-electron chi connectivity index (χ1n) is 4.70. The molecule has 0 aromatic carbocycles. The highest BCUT2D eigenvalue weighted by Crippen LogP contribution is 2.10. The summed E-state index contributed by atoms with van der Waals surface area (Å²) in [6, 6.07) is 5.39. The summed E-state index contributed by atoms with van der Waals surface area (Å²) in [5.41, 5.74) is 0. The van der Waals surface area contributed by atoms with Gasteiger partial charge >= 0.3 is 0 Å². The fraction of sp³-hybridized carbons (Fsp3) is 0.0909. The Morgan fingerprint density at radius 3 is 3.12 bits per heavy atom. The van der Waals surface area contributed by atoms with Crippen LogP contribution in [0.15, 0.2) is 40.4 Å². The highest BCUT2D eigenvalue weighted by molar-refractivity contribution is 7.12. The number of carbonyl (C=O) groups excluding carboxylic acids is 1. The van der Waals surface area contributed by atoms with Crippen LogP contribution >= 0.6 is 11.3 Å². The molecule has 0 aliphatic rings. The largest absolute Gasteiger partial charge is 0.360 e. The van der Waals surface area contributed by atoms with Gasteiger partial charge in [-0.25, -0.2) is 0 Å². The van der Waals surface area contributed by atoms with Gasteiger partial charge in [0.2, 0.25) is 0 Å². The summed E-state index contributed by atoms with van der Waals surface area (Å²) in [6.07, 6.45) is 3.02. The molecule has 1 N–H and O–H groups in total. The number of nitrogens with zero attached hydrogens (tertiary/aromatic N) is 1. The second kappa shape index (κ2) is 4.76. The van der Waals surface area contributed by atoms with E-state index in [2.05, 4.69) is 10.5 Å². The Hall–Kier alpha value is -1.88. The van der Waals surface area contributed by atoms with Gasteiger partial charge in [0.15, 0.2) is 11.6 Å². The van der Waals surface area contributed by atoms with E-state index < -0.39 is 0 Å². The first kappa shape index (κ1) is 10.6. The number of hydrogen-bond donors (Lipinski definition) is 1. The SMILES string of the molecule is Cc1cc(N/C=C/C(=O)c2cccs2)no1.